The quantitative estimate of drug-likeness (QED) is 0.373. The molecule has 3 aromatic heterocycles. The number of aromatic nitrogens is 4. The Morgan fingerprint density at radius 1 is 0.971 bits per heavy atom. The fraction of sp³-hybridized carbons (Fsp3) is 0.0400. The summed E-state index contributed by atoms with van der Waals surface area (Å²) in [4.78, 5) is 21.9. The largest absolute Gasteiger partial charge is 0.296 e. The molecule has 0 aliphatic heterocycles. The van der Waals surface area contributed by atoms with Gasteiger partial charge in [0.1, 0.15) is 0 Å². The molecule has 1 amide bonds. The highest BCUT2D eigenvalue weighted by Crippen LogP contribution is 2.29. The number of carbonyl (C=O) groups excluding carboxylic acids is 1. The number of anilines is 1. The van der Waals surface area contributed by atoms with Crippen molar-refractivity contribution in [3.8, 4) is 11.3 Å². The number of hydrogen-bond donors (Lipinski definition) is 1. The van der Waals surface area contributed by atoms with Crippen LogP contribution in [0.5, 0.6) is 0 Å². The Hall–Kier alpha value is -4.15. The molecule has 3 heterocycles. The van der Waals surface area contributed by atoms with E-state index in [1.807, 2.05) is 24.3 Å². The number of benzene rings is 3. The molecule has 0 atom stereocenters. The summed E-state index contributed by atoms with van der Waals surface area (Å²) in [5, 5.41) is 9.87. The van der Waals surface area contributed by atoms with Crippen LogP contribution >= 0.6 is 11.3 Å². The molecule has 0 bridgehead atoms. The van der Waals surface area contributed by atoms with Crippen molar-refractivity contribution in [3.63, 3.8) is 0 Å². The van der Waals surface area contributed by atoms with Crippen LogP contribution in [0.4, 0.5) is 5.13 Å². The third-order valence-corrected chi connectivity index (χ3v) is 7.69. The standard InChI is InChI=1S/C25H17N5O3S2/c1-35(32,33)18-8-9-19-22(13-18)34-25(27-19)28-24(31)20-14-23-26-11-10-21(30(23)29-20)17-7-6-15-4-2-3-5-16(15)12-17/h2-14H,1H3,(H,27,28,31). The Kier molecular flexibility index (Phi) is 4.87. The average Bonchev–Trinajstić information content (AvgIpc) is 3.46. The van der Waals surface area contributed by atoms with Crippen molar-refractivity contribution in [3.05, 3.63) is 84.7 Å². The van der Waals surface area contributed by atoms with Crippen molar-refractivity contribution in [2.75, 3.05) is 11.6 Å². The molecule has 0 saturated heterocycles. The molecule has 0 spiro atoms. The number of rotatable bonds is 4. The molecule has 0 aliphatic carbocycles. The first-order valence-corrected chi connectivity index (χ1v) is 13.3. The SMILES string of the molecule is CS(=O)(=O)c1ccc2nc(NC(=O)c3cc4nccc(-c5ccc6ccccc6c5)n4n3)sc2c1. The molecule has 6 rings (SSSR count). The van der Waals surface area contributed by atoms with Gasteiger partial charge >= 0.3 is 0 Å². The Bertz CT molecular complexity index is 1890. The van der Waals surface area contributed by atoms with Gasteiger partial charge < -0.3 is 0 Å². The van der Waals surface area contributed by atoms with Crippen molar-refractivity contribution < 1.29 is 13.2 Å². The highest BCUT2D eigenvalue weighted by molar-refractivity contribution is 7.90. The van der Waals surface area contributed by atoms with Crippen LogP contribution in [0.3, 0.4) is 0 Å². The lowest BCUT2D eigenvalue weighted by Crippen LogP contribution is -2.12. The maximum atomic E-state index is 13.0. The molecule has 0 aliphatic rings. The van der Waals surface area contributed by atoms with Crippen LogP contribution in [0.1, 0.15) is 10.5 Å². The zero-order valence-electron chi connectivity index (χ0n) is 18.3. The van der Waals surface area contributed by atoms with Crippen molar-refractivity contribution in [1.82, 2.24) is 19.6 Å². The molecular weight excluding hydrogens is 482 g/mol. The predicted molar refractivity (Wildman–Crippen MR) is 137 cm³/mol. The van der Waals surface area contributed by atoms with Crippen LogP contribution in [0.2, 0.25) is 0 Å². The zero-order valence-corrected chi connectivity index (χ0v) is 20.0. The normalized spacial score (nSPS) is 11.9. The summed E-state index contributed by atoms with van der Waals surface area (Å²) in [5.74, 6) is -0.428. The van der Waals surface area contributed by atoms with Crippen molar-refractivity contribution in [1.29, 1.82) is 0 Å². The van der Waals surface area contributed by atoms with E-state index in [-0.39, 0.29) is 10.6 Å². The molecule has 0 fully saturated rings. The Labute approximate surface area is 203 Å². The van der Waals surface area contributed by atoms with Gasteiger partial charge in [-0.2, -0.15) is 5.10 Å². The van der Waals surface area contributed by atoms with E-state index >= 15 is 0 Å². The number of thiazole rings is 1. The second kappa shape index (κ2) is 7.97. The van der Waals surface area contributed by atoms with Crippen LogP contribution in [0, 0.1) is 0 Å². The molecule has 0 unspecified atom stereocenters. The van der Waals surface area contributed by atoms with E-state index in [9.17, 15) is 13.2 Å². The topological polar surface area (TPSA) is 106 Å². The Morgan fingerprint density at radius 3 is 2.63 bits per heavy atom. The van der Waals surface area contributed by atoms with E-state index in [4.69, 9.17) is 0 Å². The van der Waals surface area contributed by atoms with Crippen molar-refractivity contribution >= 4 is 58.8 Å². The highest BCUT2D eigenvalue weighted by atomic mass is 32.2. The summed E-state index contributed by atoms with van der Waals surface area (Å²) in [7, 11) is -3.33. The number of carbonyl (C=O) groups is 1. The van der Waals surface area contributed by atoms with Gasteiger partial charge in [-0.1, -0.05) is 47.7 Å². The molecule has 1 N–H and O–H groups in total. The van der Waals surface area contributed by atoms with E-state index < -0.39 is 15.7 Å². The van der Waals surface area contributed by atoms with Gasteiger partial charge in [-0.05, 0) is 41.1 Å². The molecule has 172 valence electrons. The number of fused-ring (bicyclic) bond motifs is 3. The minimum atomic E-state index is -3.33. The second-order valence-electron chi connectivity index (χ2n) is 8.07. The van der Waals surface area contributed by atoms with Crippen LogP contribution in [0.25, 0.3) is 37.9 Å². The highest BCUT2D eigenvalue weighted by Gasteiger charge is 2.17. The van der Waals surface area contributed by atoms with Crippen LogP contribution < -0.4 is 5.32 Å². The predicted octanol–water partition coefficient (Wildman–Crippen LogP) is 4.82. The molecule has 0 saturated carbocycles. The van der Waals surface area contributed by atoms with Gasteiger partial charge in [-0.15, -0.1) is 0 Å². The first-order valence-electron chi connectivity index (χ1n) is 10.6. The summed E-state index contributed by atoms with van der Waals surface area (Å²) in [5.41, 5.74) is 3.12. The third-order valence-electron chi connectivity index (χ3n) is 5.64. The Morgan fingerprint density at radius 2 is 1.80 bits per heavy atom. The van der Waals surface area contributed by atoms with Gasteiger partial charge in [-0.25, -0.2) is 22.9 Å². The molecule has 3 aromatic carbocycles. The van der Waals surface area contributed by atoms with Crippen molar-refractivity contribution in [2.45, 2.75) is 4.90 Å². The molecule has 35 heavy (non-hydrogen) atoms. The van der Waals surface area contributed by atoms with Crippen LogP contribution in [0.15, 0.2) is 83.9 Å². The van der Waals surface area contributed by atoms with Gasteiger partial charge in [0.05, 0.1) is 20.8 Å². The number of hydrogen-bond acceptors (Lipinski definition) is 7. The summed E-state index contributed by atoms with van der Waals surface area (Å²) in [6.07, 6.45) is 2.84. The summed E-state index contributed by atoms with van der Waals surface area (Å²) < 4.78 is 26.0. The first-order chi connectivity index (χ1) is 16.8. The number of amides is 1. The summed E-state index contributed by atoms with van der Waals surface area (Å²) >= 11 is 1.20. The average molecular weight is 500 g/mol. The van der Waals surface area contributed by atoms with E-state index in [1.165, 1.54) is 17.4 Å². The van der Waals surface area contributed by atoms with E-state index in [0.29, 0.717) is 21.0 Å². The maximum Gasteiger partial charge on any atom is 0.278 e. The minimum absolute atomic E-state index is 0.196. The van der Waals surface area contributed by atoms with Crippen LogP contribution in [-0.2, 0) is 9.84 Å². The number of nitrogens with zero attached hydrogens (tertiary/aromatic N) is 4. The van der Waals surface area contributed by atoms with Gasteiger partial charge in [0.25, 0.3) is 5.91 Å². The molecular formula is C25H17N5O3S2. The number of sulfone groups is 1. The summed E-state index contributed by atoms with van der Waals surface area (Å²) in [6, 6.07) is 22.4. The van der Waals surface area contributed by atoms with Gasteiger partial charge in [0.15, 0.2) is 26.3 Å². The van der Waals surface area contributed by atoms with Crippen LogP contribution in [-0.4, -0.2) is 40.2 Å². The van der Waals surface area contributed by atoms with Gasteiger partial charge in [0.2, 0.25) is 0 Å². The maximum absolute atomic E-state index is 13.0. The first kappa shape index (κ1) is 21.4. The zero-order chi connectivity index (χ0) is 24.2. The molecule has 10 heteroatoms. The van der Waals surface area contributed by atoms with Gasteiger partial charge in [0, 0.05) is 24.1 Å². The molecule has 6 aromatic rings. The fourth-order valence-corrected chi connectivity index (χ4v) is 5.55. The lowest BCUT2D eigenvalue weighted by molar-refractivity contribution is 0.102. The number of nitrogens with one attached hydrogen (secondary N) is 1. The molecule has 8 nitrogen and oxygen atoms in total. The van der Waals surface area contributed by atoms with E-state index in [0.717, 1.165) is 28.3 Å². The Balaban J connectivity index is 1.33. The fourth-order valence-electron chi connectivity index (χ4n) is 3.92. The molecule has 0 radical (unpaired) electrons. The van der Waals surface area contributed by atoms with Crippen molar-refractivity contribution in [2.24, 2.45) is 0 Å². The third kappa shape index (κ3) is 3.92. The lowest BCUT2D eigenvalue weighted by Gasteiger charge is -2.06. The second-order valence-corrected chi connectivity index (χ2v) is 11.1. The van der Waals surface area contributed by atoms with Gasteiger partial charge in [-0.3, -0.25) is 10.1 Å². The minimum Gasteiger partial charge on any atom is -0.296 e. The lowest BCUT2D eigenvalue weighted by atomic mass is 10.1. The van der Waals surface area contributed by atoms with E-state index in [1.54, 1.807) is 28.9 Å². The smallest absolute Gasteiger partial charge is 0.278 e. The monoisotopic (exact) mass is 499 g/mol. The van der Waals surface area contributed by atoms with E-state index in [2.05, 4.69) is 44.6 Å². The summed E-state index contributed by atoms with van der Waals surface area (Å²) in [6.45, 7) is 0.